The minimum absolute atomic E-state index is 0.180. The molecule has 1 aromatic heterocycles. The summed E-state index contributed by atoms with van der Waals surface area (Å²) in [5.41, 5.74) is 1.95. The molecule has 0 bridgehead atoms. The summed E-state index contributed by atoms with van der Waals surface area (Å²) in [7, 11) is 3.17. The van der Waals surface area contributed by atoms with E-state index in [4.69, 9.17) is 9.47 Å². The maximum absolute atomic E-state index is 12.6. The standard InChI is InChI=1S/C20H22N2O3S2/c1-5-22-15-8-7-14(26-4)12-18(15)27-20(22)21-19(23)11-13-6-9-16(24-2)17(10-13)25-3/h6-10,12H,5,11H2,1-4H3. The zero-order valence-corrected chi connectivity index (χ0v) is 17.4. The first kappa shape index (κ1) is 19.5. The average Bonchev–Trinajstić information content (AvgIpc) is 3.03. The Labute approximate surface area is 166 Å². The van der Waals surface area contributed by atoms with Gasteiger partial charge in [0.2, 0.25) is 0 Å². The predicted octanol–water partition coefficient (Wildman–Crippen LogP) is 4.13. The summed E-state index contributed by atoms with van der Waals surface area (Å²) in [5.74, 6) is 1.07. The second-order valence-electron chi connectivity index (χ2n) is 5.83. The SMILES string of the molecule is CCn1c(=NC(=O)Cc2ccc(OC)c(OC)c2)sc2cc(SC)ccc21. The molecule has 0 unspecified atom stereocenters. The first-order valence-corrected chi connectivity index (χ1v) is 10.6. The van der Waals surface area contributed by atoms with Gasteiger partial charge in [-0.2, -0.15) is 4.99 Å². The Bertz CT molecular complexity index is 1040. The Morgan fingerprint density at radius 2 is 1.93 bits per heavy atom. The van der Waals surface area contributed by atoms with Crippen molar-refractivity contribution in [1.82, 2.24) is 4.57 Å². The lowest BCUT2D eigenvalue weighted by atomic mass is 10.1. The number of benzene rings is 2. The highest BCUT2D eigenvalue weighted by molar-refractivity contribution is 7.98. The van der Waals surface area contributed by atoms with Crippen molar-refractivity contribution < 1.29 is 14.3 Å². The molecule has 0 fully saturated rings. The van der Waals surface area contributed by atoms with Gasteiger partial charge in [0, 0.05) is 11.4 Å². The molecule has 0 atom stereocenters. The van der Waals surface area contributed by atoms with Gasteiger partial charge < -0.3 is 14.0 Å². The summed E-state index contributed by atoms with van der Waals surface area (Å²) in [6.45, 7) is 2.83. The molecule has 0 N–H and O–H groups in total. The number of ether oxygens (including phenoxy) is 2. The Morgan fingerprint density at radius 3 is 2.59 bits per heavy atom. The largest absolute Gasteiger partial charge is 0.493 e. The number of hydrogen-bond acceptors (Lipinski definition) is 5. The number of carbonyl (C=O) groups is 1. The molecule has 3 aromatic rings. The molecule has 0 aliphatic heterocycles. The molecule has 3 rings (SSSR count). The molecule has 5 nitrogen and oxygen atoms in total. The molecule has 27 heavy (non-hydrogen) atoms. The second-order valence-corrected chi connectivity index (χ2v) is 7.72. The summed E-state index contributed by atoms with van der Waals surface area (Å²) in [6.07, 6.45) is 2.27. The summed E-state index contributed by atoms with van der Waals surface area (Å²) in [6, 6.07) is 11.8. The van der Waals surface area contributed by atoms with Crippen LogP contribution in [0.3, 0.4) is 0 Å². The third kappa shape index (κ3) is 4.20. The molecule has 0 saturated heterocycles. The number of amides is 1. The summed E-state index contributed by atoms with van der Waals surface area (Å²) in [5, 5.41) is 0. The fraction of sp³-hybridized carbons (Fsp3) is 0.300. The molecule has 0 aliphatic carbocycles. The van der Waals surface area contributed by atoms with Gasteiger partial charge >= 0.3 is 0 Å². The fourth-order valence-corrected chi connectivity index (χ4v) is 4.55. The summed E-state index contributed by atoms with van der Waals surface area (Å²) < 4.78 is 13.8. The van der Waals surface area contributed by atoms with Crippen molar-refractivity contribution in [1.29, 1.82) is 0 Å². The van der Waals surface area contributed by atoms with E-state index in [1.807, 2.05) is 12.1 Å². The van der Waals surface area contributed by atoms with Crippen LogP contribution in [0.25, 0.3) is 10.2 Å². The monoisotopic (exact) mass is 402 g/mol. The molecular weight excluding hydrogens is 380 g/mol. The van der Waals surface area contributed by atoms with Crippen LogP contribution in [-0.2, 0) is 17.8 Å². The van der Waals surface area contributed by atoms with Crippen molar-refractivity contribution in [2.75, 3.05) is 20.5 Å². The zero-order valence-electron chi connectivity index (χ0n) is 15.8. The molecule has 0 radical (unpaired) electrons. The number of nitrogens with zero attached hydrogens (tertiary/aromatic N) is 2. The first-order chi connectivity index (χ1) is 13.1. The third-order valence-corrected chi connectivity index (χ3v) is 6.00. The van der Waals surface area contributed by atoms with Crippen LogP contribution in [0.4, 0.5) is 0 Å². The Kier molecular flexibility index (Phi) is 6.23. The van der Waals surface area contributed by atoms with Gasteiger partial charge in [0.25, 0.3) is 5.91 Å². The number of aryl methyl sites for hydroxylation is 1. The lowest BCUT2D eigenvalue weighted by molar-refractivity contribution is -0.117. The van der Waals surface area contributed by atoms with Crippen LogP contribution in [0.2, 0.25) is 0 Å². The topological polar surface area (TPSA) is 52.8 Å². The van der Waals surface area contributed by atoms with Crippen molar-refractivity contribution in [3.8, 4) is 11.5 Å². The van der Waals surface area contributed by atoms with E-state index in [1.165, 1.54) is 4.90 Å². The van der Waals surface area contributed by atoms with Crippen LogP contribution >= 0.6 is 23.1 Å². The van der Waals surface area contributed by atoms with Crippen LogP contribution in [0, 0.1) is 0 Å². The molecule has 1 amide bonds. The van der Waals surface area contributed by atoms with E-state index >= 15 is 0 Å². The van der Waals surface area contributed by atoms with Crippen molar-refractivity contribution >= 4 is 39.2 Å². The van der Waals surface area contributed by atoms with E-state index in [1.54, 1.807) is 43.4 Å². The van der Waals surface area contributed by atoms with Gasteiger partial charge in [-0.05, 0) is 49.1 Å². The molecule has 0 aliphatic rings. The van der Waals surface area contributed by atoms with E-state index in [9.17, 15) is 4.79 Å². The van der Waals surface area contributed by atoms with E-state index in [0.29, 0.717) is 11.5 Å². The maximum atomic E-state index is 12.6. The number of carbonyl (C=O) groups excluding carboxylic acids is 1. The Hall–Kier alpha value is -2.25. The fourth-order valence-electron chi connectivity index (χ4n) is 2.88. The van der Waals surface area contributed by atoms with Crippen LogP contribution in [0.5, 0.6) is 11.5 Å². The first-order valence-electron chi connectivity index (χ1n) is 8.55. The number of hydrogen-bond donors (Lipinski definition) is 0. The number of rotatable bonds is 6. The predicted molar refractivity (Wildman–Crippen MR) is 111 cm³/mol. The van der Waals surface area contributed by atoms with Crippen molar-refractivity contribution in [3.05, 3.63) is 46.8 Å². The highest BCUT2D eigenvalue weighted by atomic mass is 32.2. The van der Waals surface area contributed by atoms with Crippen molar-refractivity contribution in [2.45, 2.75) is 24.8 Å². The summed E-state index contributed by atoms with van der Waals surface area (Å²) >= 11 is 3.25. The number of thioether (sulfide) groups is 1. The minimum atomic E-state index is -0.180. The highest BCUT2D eigenvalue weighted by Crippen LogP contribution is 2.28. The molecule has 1 heterocycles. The quantitative estimate of drug-likeness (QED) is 0.582. The highest BCUT2D eigenvalue weighted by Gasteiger charge is 2.10. The molecule has 0 spiro atoms. The van der Waals surface area contributed by atoms with Gasteiger partial charge in [0.15, 0.2) is 16.3 Å². The van der Waals surface area contributed by atoms with Crippen LogP contribution < -0.4 is 14.3 Å². The van der Waals surface area contributed by atoms with Gasteiger partial charge in [-0.25, -0.2) is 0 Å². The number of aromatic nitrogens is 1. The van der Waals surface area contributed by atoms with E-state index in [0.717, 1.165) is 27.1 Å². The maximum Gasteiger partial charge on any atom is 0.252 e. The summed E-state index contributed by atoms with van der Waals surface area (Å²) in [4.78, 5) is 18.9. The smallest absolute Gasteiger partial charge is 0.252 e. The normalized spacial score (nSPS) is 11.8. The number of methoxy groups -OCH3 is 2. The molecule has 142 valence electrons. The van der Waals surface area contributed by atoms with Gasteiger partial charge in [-0.1, -0.05) is 17.4 Å². The lowest BCUT2D eigenvalue weighted by Crippen LogP contribution is -2.16. The molecular formula is C20H22N2O3S2. The third-order valence-electron chi connectivity index (χ3n) is 4.23. The number of fused-ring (bicyclic) bond motifs is 1. The number of thiazole rings is 1. The van der Waals surface area contributed by atoms with E-state index in [-0.39, 0.29) is 12.3 Å². The van der Waals surface area contributed by atoms with Gasteiger partial charge in [-0.15, -0.1) is 11.8 Å². The van der Waals surface area contributed by atoms with Crippen LogP contribution in [0.1, 0.15) is 12.5 Å². The zero-order chi connectivity index (χ0) is 19.4. The average molecular weight is 403 g/mol. The van der Waals surface area contributed by atoms with Crippen LogP contribution in [-0.4, -0.2) is 30.9 Å². The van der Waals surface area contributed by atoms with E-state index < -0.39 is 0 Å². The van der Waals surface area contributed by atoms with Crippen LogP contribution in [0.15, 0.2) is 46.3 Å². The molecule has 2 aromatic carbocycles. The lowest BCUT2D eigenvalue weighted by Gasteiger charge is -2.08. The minimum Gasteiger partial charge on any atom is -0.493 e. The van der Waals surface area contributed by atoms with Gasteiger partial charge in [0.1, 0.15) is 0 Å². The second kappa shape index (κ2) is 8.63. The molecule has 7 heteroatoms. The van der Waals surface area contributed by atoms with Gasteiger partial charge in [0.05, 0.1) is 30.9 Å². The Balaban J connectivity index is 1.93. The Morgan fingerprint density at radius 1 is 1.15 bits per heavy atom. The van der Waals surface area contributed by atoms with Crippen molar-refractivity contribution in [2.24, 2.45) is 4.99 Å². The molecule has 0 saturated carbocycles. The van der Waals surface area contributed by atoms with Crippen molar-refractivity contribution in [3.63, 3.8) is 0 Å². The van der Waals surface area contributed by atoms with E-state index in [2.05, 4.69) is 40.9 Å². The van der Waals surface area contributed by atoms with Gasteiger partial charge in [-0.3, -0.25) is 4.79 Å².